The minimum atomic E-state index is -1.57. The first kappa shape index (κ1) is 14.5. The van der Waals surface area contributed by atoms with Gasteiger partial charge in [0, 0.05) is 0 Å². The third-order valence-electron chi connectivity index (χ3n) is 0.824. The Balaban J connectivity index is 0. The van der Waals surface area contributed by atoms with E-state index in [4.69, 9.17) is 0 Å². The molecule has 0 spiro atoms. The van der Waals surface area contributed by atoms with E-state index in [0.717, 1.165) is 0 Å². The van der Waals surface area contributed by atoms with Crippen molar-refractivity contribution in [2.45, 2.75) is 0 Å². The summed E-state index contributed by atoms with van der Waals surface area (Å²) in [5.74, 6) is -6.28. The Morgan fingerprint density at radius 2 is 0.750 bits per heavy atom. The van der Waals surface area contributed by atoms with Gasteiger partial charge in [-0.1, -0.05) is 23.3 Å². The third kappa shape index (κ3) is 3.15. The van der Waals surface area contributed by atoms with Crippen LogP contribution in [0.5, 0.6) is 0 Å². The maximum atomic E-state index is 11.9. The molecule has 0 unspecified atom stereocenters. The summed E-state index contributed by atoms with van der Waals surface area (Å²) in [6.45, 7) is 0. The monoisotopic (exact) mass is 274 g/mol. The standard InChI is InChI=1S/C6F4.2Cu/c7-3-1-4(8)6(10)2-5(3)9;;/q-2;2*+1. The third-order valence-corrected chi connectivity index (χ3v) is 0.824. The van der Waals surface area contributed by atoms with Crippen molar-refractivity contribution < 1.29 is 51.7 Å². The van der Waals surface area contributed by atoms with Gasteiger partial charge in [-0.25, -0.2) is 12.1 Å². The molecule has 1 aromatic rings. The zero-order valence-corrected chi connectivity index (χ0v) is 7.00. The minimum absolute atomic E-state index is 0. The van der Waals surface area contributed by atoms with Crippen molar-refractivity contribution in [1.29, 1.82) is 0 Å². The molecule has 0 N–H and O–H groups in total. The van der Waals surface area contributed by atoms with Crippen molar-refractivity contribution in [2.24, 2.45) is 0 Å². The summed E-state index contributed by atoms with van der Waals surface area (Å²) in [7, 11) is 0. The fraction of sp³-hybridized carbons (Fsp3) is 0. The molecule has 0 aliphatic rings. The number of hydrogen-bond acceptors (Lipinski definition) is 0. The van der Waals surface area contributed by atoms with E-state index in [-0.39, 0.29) is 34.1 Å². The van der Waals surface area contributed by atoms with Crippen molar-refractivity contribution in [1.82, 2.24) is 0 Å². The van der Waals surface area contributed by atoms with Crippen LogP contribution < -0.4 is 0 Å². The van der Waals surface area contributed by atoms with Crippen LogP contribution in [-0.2, 0) is 34.1 Å². The fourth-order valence-electron chi connectivity index (χ4n) is 0.412. The molecule has 0 bridgehead atoms. The second kappa shape index (κ2) is 5.59. The predicted octanol–water partition coefficient (Wildman–Crippen LogP) is 1.84. The molecule has 0 amide bonds. The molecule has 0 fully saturated rings. The van der Waals surface area contributed by atoms with Gasteiger partial charge in [-0.05, 0) is 0 Å². The van der Waals surface area contributed by atoms with E-state index in [1.54, 1.807) is 0 Å². The first-order valence-corrected chi connectivity index (χ1v) is 2.26. The number of rotatable bonds is 0. The van der Waals surface area contributed by atoms with E-state index < -0.39 is 23.3 Å². The Morgan fingerprint density at radius 3 is 0.917 bits per heavy atom. The quantitative estimate of drug-likeness (QED) is 0.293. The van der Waals surface area contributed by atoms with Gasteiger partial charge in [0.15, 0.2) is 0 Å². The average molecular weight is 275 g/mol. The molecule has 0 heterocycles. The molecular weight excluding hydrogens is 275 g/mol. The first-order valence-electron chi connectivity index (χ1n) is 2.26. The van der Waals surface area contributed by atoms with Gasteiger partial charge in [0.25, 0.3) is 0 Å². The van der Waals surface area contributed by atoms with Gasteiger partial charge in [-0.15, -0.1) is 0 Å². The SMILES string of the molecule is Fc1[c-]c(F)c(F)[c-]c1F.[Cu+].[Cu+]. The van der Waals surface area contributed by atoms with Gasteiger partial charge in [0.1, 0.15) is 0 Å². The van der Waals surface area contributed by atoms with Crippen molar-refractivity contribution in [3.63, 3.8) is 0 Å². The van der Waals surface area contributed by atoms with Crippen molar-refractivity contribution in [3.8, 4) is 0 Å². The van der Waals surface area contributed by atoms with Crippen molar-refractivity contribution in [2.75, 3.05) is 0 Å². The van der Waals surface area contributed by atoms with Gasteiger partial charge >= 0.3 is 34.1 Å². The Labute approximate surface area is 87.3 Å². The minimum Gasteiger partial charge on any atom is -0.310 e. The van der Waals surface area contributed by atoms with Gasteiger partial charge < -0.3 is 17.6 Å². The van der Waals surface area contributed by atoms with E-state index in [0.29, 0.717) is 0 Å². The van der Waals surface area contributed by atoms with Crippen molar-refractivity contribution in [3.05, 3.63) is 35.4 Å². The summed E-state index contributed by atoms with van der Waals surface area (Å²) in [6, 6.07) is 2.38. The summed E-state index contributed by atoms with van der Waals surface area (Å²) in [5, 5.41) is 0. The molecule has 0 saturated heterocycles. The molecule has 0 nitrogen and oxygen atoms in total. The molecule has 0 aliphatic heterocycles. The van der Waals surface area contributed by atoms with Gasteiger partial charge in [-0.2, -0.15) is 0 Å². The fourth-order valence-corrected chi connectivity index (χ4v) is 0.412. The molecule has 12 heavy (non-hydrogen) atoms. The van der Waals surface area contributed by atoms with E-state index in [1.165, 1.54) is 12.1 Å². The van der Waals surface area contributed by atoms with E-state index in [9.17, 15) is 17.6 Å². The van der Waals surface area contributed by atoms with Crippen molar-refractivity contribution >= 4 is 0 Å². The Bertz CT molecular complexity index is 214. The normalized spacial score (nSPS) is 8.33. The van der Waals surface area contributed by atoms with Crippen LogP contribution in [0.4, 0.5) is 17.6 Å². The van der Waals surface area contributed by atoms with Gasteiger partial charge in [0.05, 0.1) is 0 Å². The van der Waals surface area contributed by atoms with Crippen LogP contribution in [0.2, 0.25) is 0 Å². The molecule has 0 aromatic heterocycles. The molecule has 0 atom stereocenters. The average Bonchev–Trinajstić information content (AvgIpc) is 1.84. The largest absolute Gasteiger partial charge is 1.00 e. The number of hydrogen-bond donors (Lipinski definition) is 0. The predicted molar refractivity (Wildman–Crippen MR) is 23.9 cm³/mol. The molecule has 0 radical (unpaired) electrons. The van der Waals surface area contributed by atoms with Crippen LogP contribution in [0.3, 0.4) is 0 Å². The number of halogens is 4. The molecule has 6 heteroatoms. The Kier molecular flexibility index (Phi) is 6.76. The summed E-state index contributed by atoms with van der Waals surface area (Å²) >= 11 is 0. The summed E-state index contributed by atoms with van der Waals surface area (Å²) < 4.78 is 47.6. The second-order valence-corrected chi connectivity index (χ2v) is 1.51. The molecule has 0 aliphatic carbocycles. The van der Waals surface area contributed by atoms with Crippen LogP contribution in [-0.4, -0.2) is 0 Å². The zero-order valence-electron chi connectivity index (χ0n) is 5.11. The van der Waals surface area contributed by atoms with Crippen LogP contribution in [0.1, 0.15) is 0 Å². The van der Waals surface area contributed by atoms with E-state index in [1.807, 2.05) is 0 Å². The van der Waals surface area contributed by atoms with Gasteiger partial charge in [0.2, 0.25) is 0 Å². The van der Waals surface area contributed by atoms with Crippen LogP contribution in [0.25, 0.3) is 0 Å². The zero-order chi connectivity index (χ0) is 7.72. The van der Waals surface area contributed by atoms with Crippen LogP contribution in [0, 0.1) is 35.4 Å². The smallest absolute Gasteiger partial charge is 0.310 e. The molecule has 0 saturated carbocycles. The summed E-state index contributed by atoms with van der Waals surface area (Å²) in [5.41, 5.74) is 0. The number of benzene rings is 1. The van der Waals surface area contributed by atoms with Crippen LogP contribution >= 0.6 is 0 Å². The maximum absolute atomic E-state index is 11.9. The first-order chi connectivity index (χ1) is 4.61. The van der Waals surface area contributed by atoms with Crippen LogP contribution in [0.15, 0.2) is 0 Å². The Hall–Kier alpha value is -0.0210. The Morgan fingerprint density at radius 1 is 0.583 bits per heavy atom. The summed E-state index contributed by atoms with van der Waals surface area (Å²) in [4.78, 5) is 0. The van der Waals surface area contributed by atoms with Gasteiger partial charge in [-0.3, -0.25) is 0 Å². The topological polar surface area (TPSA) is 0 Å². The second-order valence-electron chi connectivity index (χ2n) is 1.51. The van der Waals surface area contributed by atoms with E-state index >= 15 is 0 Å². The van der Waals surface area contributed by atoms with E-state index in [2.05, 4.69) is 0 Å². The molecule has 1 rings (SSSR count). The summed E-state index contributed by atoms with van der Waals surface area (Å²) in [6.07, 6.45) is 0. The molecule has 1 aromatic carbocycles. The maximum Gasteiger partial charge on any atom is 1.00 e. The molecular formula is C6Cu2F4. The molecule has 74 valence electrons.